The highest BCUT2D eigenvalue weighted by Crippen LogP contribution is 2.27. The molecule has 2 aliphatic rings. The SMILES string of the molecule is Cc1csc(CNC2CCN3CCCCC23)n1. The molecule has 1 aromatic rings. The Morgan fingerprint density at radius 1 is 1.41 bits per heavy atom. The zero-order chi connectivity index (χ0) is 11.7. The summed E-state index contributed by atoms with van der Waals surface area (Å²) in [4.78, 5) is 7.19. The lowest BCUT2D eigenvalue weighted by Crippen LogP contribution is -2.44. The Balaban J connectivity index is 1.55. The van der Waals surface area contributed by atoms with Crippen molar-refractivity contribution in [3.05, 3.63) is 16.1 Å². The van der Waals surface area contributed by atoms with Gasteiger partial charge in [-0.25, -0.2) is 4.98 Å². The number of aromatic nitrogens is 1. The van der Waals surface area contributed by atoms with Crippen molar-refractivity contribution in [3.8, 4) is 0 Å². The van der Waals surface area contributed by atoms with Gasteiger partial charge >= 0.3 is 0 Å². The largest absolute Gasteiger partial charge is 0.306 e. The summed E-state index contributed by atoms with van der Waals surface area (Å²) < 4.78 is 0. The van der Waals surface area contributed by atoms with Crippen LogP contribution in [0.4, 0.5) is 0 Å². The standard InChI is InChI=1S/C13H21N3S/c1-10-9-17-13(15-10)8-14-11-5-7-16-6-3-2-4-12(11)16/h9,11-12,14H,2-8H2,1H3. The second-order valence-corrected chi connectivity index (χ2v) is 6.20. The number of rotatable bonds is 3. The minimum atomic E-state index is 0.694. The zero-order valence-corrected chi connectivity index (χ0v) is 11.3. The summed E-state index contributed by atoms with van der Waals surface area (Å²) in [6.45, 7) is 5.63. The van der Waals surface area contributed by atoms with Crippen molar-refractivity contribution in [2.45, 2.75) is 51.2 Å². The lowest BCUT2D eigenvalue weighted by atomic mass is 9.99. The van der Waals surface area contributed by atoms with Gasteiger partial charge in [0, 0.05) is 36.2 Å². The molecule has 0 aromatic carbocycles. The van der Waals surface area contributed by atoms with Gasteiger partial charge in [-0.1, -0.05) is 6.42 Å². The number of hydrogen-bond acceptors (Lipinski definition) is 4. The summed E-state index contributed by atoms with van der Waals surface area (Å²) in [7, 11) is 0. The molecule has 3 nitrogen and oxygen atoms in total. The molecule has 94 valence electrons. The lowest BCUT2D eigenvalue weighted by molar-refractivity contribution is 0.180. The highest BCUT2D eigenvalue weighted by atomic mass is 32.1. The Kier molecular flexibility index (Phi) is 3.45. The maximum absolute atomic E-state index is 4.52. The van der Waals surface area contributed by atoms with E-state index in [2.05, 4.69) is 27.5 Å². The number of thiazole rings is 1. The average molecular weight is 251 g/mol. The van der Waals surface area contributed by atoms with Crippen LogP contribution in [0.15, 0.2) is 5.38 Å². The molecule has 0 bridgehead atoms. The number of fused-ring (bicyclic) bond motifs is 1. The topological polar surface area (TPSA) is 28.2 Å². The van der Waals surface area contributed by atoms with Crippen LogP contribution in [0.5, 0.6) is 0 Å². The third kappa shape index (κ3) is 2.54. The molecule has 17 heavy (non-hydrogen) atoms. The van der Waals surface area contributed by atoms with Gasteiger partial charge in [0.25, 0.3) is 0 Å². The van der Waals surface area contributed by atoms with E-state index in [-0.39, 0.29) is 0 Å². The Bertz CT molecular complexity index is 376. The maximum Gasteiger partial charge on any atom is 0.107 e. The van der Waals surface area contributed by atoms with Crippen molar-refractivity contribution in [1.29, 1.82) is 0 Å². The molecule has 2 unspecified atom stereocenters. The minimum absolute atomic E-state index is 0.694. The molecule has 2 atom stereocenters. The molecule has 3 rings (SSSR count). The van der Waals surface area contributed by atoms with Gasteiger partial charge in [0.1, 0.15) is 5.01 Å². The van der Waals surface area contributed by atoms with Crippen molar-refractivity contribution in [2.24, 2.45) is 0 Å². The lowest BCUT2D eigenvalue weighted by Gasteiger charge is -2.32. The third-order valence-corrected chi connectivity index (χ3v) is 5.00. The van der Waals surface area contributed by atoms with E-state index in [1.165, 1.54) is 43.8 Å². The van der Waals surface area contributed by atoms with Crippen molar-refractivity contribution in [3.63, 3.8) is 0 Å². The van der Waals surface area contributed by atoms with Gasteiger partial charge in [-0.2, -0.15) is 0 Å². The van der Waals surface area contributed by atoms with Gasteiger partial charge in [-0.15, -0.1) is 11.3 Å². The summed E-state index contributed by atoms with van der Waals surface area (Å²) in [5.41, 5.74) is 1.15. The first kappa shape index (κ1) is 11.6. The first-order chi connectivity index (χ1) is 8.33. The molecular formula is C13H21N3S. The smallest absolute Gasteiger partial charge is 0.107 e. The normalized spacial score (nSPS) is 29.5. The zero-order valence-electron chi connectivity index (χ0n) is 10.5. The summed E-state index contributed by atoms with van der Waals surface area (Å²) in [6.07, 6.45) is 5.51. The molecular weight excluding hydrogens is 230 g/mol. The van der Waals surface area contributed by atoms with E-state index >= 15 is 0 Å². The van der Waals surface area contributed by atoms with Crippen LogP contribution in [-0.2, 0) is 6.54 Å². The van der Waals surface area contributed by atoms with Gasteiger partial charge in [-0.3, -0.25) is 4.90 Å². The second-order valence-electron chi connectivity index (χ2n) is 5.26. The van der Waals surface area contributed by atoms with Gasteiger partial charge in [0.05, 0.1) is 0 Å². The van der Waals surface area contributed by atoms with Crippen molar-refractivity contribution < 1.29 is 0 Å². The van der Waals surface area contributed by atoms with E-state index < -0.39 is 0 Å². The molecule has 1 N–H and O–H groups in total. The fraction of sp³-hybridized carbons (Fsp3) is 0.769. The van der Waals surface area contributed by atoms with Crippen LogP contribution in [0, 0.1) is 6.92 Å². The molecule has 4 heteroatoms. The van der Waals surface area contributed by atoms with Crippen molar-refractivity contribution in [1.82, 2.24) is 15.2 Å². The first-order valence-electron chi connectivity index (χ1n) is 6.71. The number of nitrogens with one attached hydrogen (secondary N) is 1. The van der Waals surface area contributed by atoms with Crippen LogP contribution < -0.4 is 5.32 Å². The molecule has 0 amide bonds. The third-order valence-electron chi connectivity index (χ3n) is 4.04. The van der Waals surface area contributed by atoms with Gasteiger partial charge in [-0.05, 0) is 32.7 Å². The average Bonchev–Trinajstić information content (AvgIpc) is 2.93. The summed E-state index contributed by atoms with van der Waals surface area (Å²) >= 11 is 1.78. The van der Waals surface area contributed by atoms with Crippen LogP contribution in [0.3, 0.4) is 0 Å². The quantitative estimate of drug-likeness (QED) is 0.892. The Morgan fingerprint density at radius 3 is 3.18 bits per heavy atom. The predicted molar refractivity (Wildman–Crippen MR) is 71.3 cm³/mol. The number of aryl methyl sites for hydroxylation is 1. The molecule has 3 heterocycles. The van der Waals surface area contributed by atoms with E-state index in [1.807, 2.05) is 0 Å². The highest BCUT2D eigenvalue weighted by Gasteiger charge is 2.34. The van der Waals surface area contributed by atoms with Gasteiger partial charge < -0.3 is 5.32 Å². The maximum atomic E-state index is 4.52. The van der Waals surface area contributed by atoms with Crippen molar-refractivity contribution in [2.75, 3.05) is 13.1 Å². The van der Waals surface area contributed by atoms with Gasteiger partial charge in [0.2, 0.25) is 0 Å². The number of piperidine rings is 1. The van der Waals surface area contributed by atoms with Crippen LogP contribution in [0.2, 0.25) is 0 Å². The summed E-state index contributed by atoms with van der Waals surface area (Å²) in [5, 5.41) is 7.09. The Morgan fingerprint density at radius 2 is 2.35 bits per heavy atom. The van der Waals surface area contributed by atoms with E-state index in [0.717, 1.165) is 18.3 Å². The second kappa shape index (κ2) is 5.04. The first-order valence-corrected chi connectivity index (χ1v) is 7.59. The molecule has 2 aliphatic heterocycles. The molecule has 1 aromatic heterocycles. The van der Waals surface area contributed by atoms with E-state index in [1.54, 1.807) is 11.3 Å². The van der Waals surface area contributed by atoms with E-state index in [0.29, 0.717) is 6.04 Å². The van der Waals surface area contributed by atoms with Crippen LogP contribution in [-0.4, -0.2) is 35.1 Å². The van der Waals surface area contributed by atoms with E-state index in [4.69, 9.17) is 0 Å². The Labute approximate surface area is 107 Å². The number of nitrogens with zero attached hydrogens (tertiary/aromatic N) is 2. The van der Waals surface area contributed by atoms with Gasteiger partial charge in [0.15, 0.2) is 0 Å². The molecule has 0 spiro atoms. The Hall–Kier alpha value is -0.450. The molecule has 2 fully saturated rings. The molecule has 0 saturated carbocycles. The molecule has 0 radical (unpaired) electrons. The fourth-order valence-corrected chi connectivity index (χ4v) is 3.91. The van der Waals surface area contributed by atoms with E-state index in [9.17, 15) is 0 Å². The summed E-state index contributed by atoms with van der Waals surface area (Å²) in [5.74, 6) is 0. The predicted octanol–water partition coefficient (Wildman–Crippen LogP) is 2.17. The molecule has 0 aliphatic carbocycles. The van der Waals surface area contributed by atoms with Crippen LogP contribution in [0.25, 0.3) is 0 Å². The van der Waals surface area contributed by atoms with Crippen LogP contribution in [0.1, 0.15) is 36.4 Å². The minimum Gasteiger partial charge on any atom is -0.306 e. The monoisotopic (exact) mass is 251 g/mol. The number of hydrogen-bond donors (Lipinski definition) is 1. The van der Waals surface area contributed by atoms with Crippen LogP contribution >= 0.6 is 11.3 Å². The fourth-order valence-electron chi connectivity index (χ4n) is 3.19. The van der Waals surface area contributed by atoms with Crippen molar-refractivity contribution >= 4 is 11.3 Å². The summed E-state index contributed by atoms with van der Waals surface area (Å²) in [6, 6.07) is 1.49. The highest BCUT2D eigenvalue weighted by molar-refractivity contribution is 7.09. The molecule has 2 saturated heterocycles.